The molecule has 0 spiro atoms. The zero-order valence-electron chi connectivity index (χ0n) is 15.4. The number of rotatable bonds is 13. The van der Waals surface area contributed by atoms with Gasteiger partial charge in [0.05, 0.1) is 19.1 Å². The minimum atomic E-state index is -1.11. The Balaban J connectivity index is 4.59. The van der Waals surface area contributed by atoms with Gasteiger partial charge in [-0.15, -0.1) is 0 Å². The molecule has 0 rings (SSSR count). The summed E-state index contributed by atoms with van der Waals surface area (Å²) in [6, 6.07) is 0. The molecule has 0 saturated carbocycles. The Morgan fingerprint density at radius 3 is 2.36 bits per heavy atom. The van der Waals surface area contributed by atoms with Gasteiger partial charge >= 0.3 is 11.9 Å². The summed E-state index contributed by atoms with van der Waals surface area (Å²) in [4.78, 5) is 22.2. The third-order valence-electron chi connectivity index (χ3n) is 4.75. The zero-order valence-corrected chi connectivity index (χ0v) is 15.4. The van der Waals surface area contributed by atoms with E-state index < -0.39 is 23.5 Å². The van der Waals surface area contributed by atoms with Crippen LogP contribution in [0.1, 0.15) is 52.9 Å². The number of aliphatic carboxylic acids is 1. The second-order valence-corrected chi connectivity index (χ2v) is 6.76. The van der Waals surface area contributed by atoms with E-state index in [1.165, 1.54) is 6.92 Å². The highest BCUT2D eigenvalue weighted by atomic mass is 16.5. The monoisotopic (exact) mass is 360 g/mol. The number of ether oxygens (including phenoxy) is 1. The summed E-state index contributed by atoms with van der Waals surface area (Å²) in [7, 11) is 0. The SMILES string of the molecule is CC(=CC(=O)O)CC(=O)OCCC(CO)C(C)(CCCCO)C(C)O. The standard InChI is InChI=1S/C18H32O7/c1-13(10-16(22)23)11-17(24)25-9-6-15(12-20)18(3,14(2)21)7-4-5-8-19/h10,14-15,19-21H,4-9,11-12H2,1-3H3,(H,22,23). The maximum absolute atomic E-state index is 11.7. The fourth-order valence-corrected chi connectivity index (χ4v) is 2.86. The number of hydrogen-bond acceptors (Lipinski definition) is 6. The molecule has 0 aromatic heterocycles. The van der Waals surface area contributed by atoms with E-state index in [1.807, 2.05) is 6.92 Å². The molecule has 7 nitrogen and oxygen atoms in total. The lowest BCUT2D eigenvalue weighted by molar-refractivity contribution is -0.144. The van der Waals surface area contributed by atoms with Gasteiger partial charge in [-0.05, 0) is 44.4 Å². The number of unbranched alkanes of at least 4 members (excludes halogenated alkanes) is 1. The number of carbonyl (C=O) groups is 2. The van der Waals surface area contributed by atoms with E-state index in [1.54, 1.807) is 6.92 Å². The van der Waals surface area contributed by atoms with E-state index in [9.17, 15) is 19.8 Å². The number of carboxylic acids is 1. The molecule has 0 saturated heterocycles. The van der Waals surface area contributed by atoms with E-state index in [0.29, 0.717) is 24.8 Å². The molecular weight excluding hydrogens is 328 g/mol. The van der Waals surface area contributed by atoms with Gasteiger partial charge in [-0.2, -0.15) is 0 Å². The van der Waals surface area contributed by atoms with Crippen molar-refractivity contribution in [2.45, 2.75) is 59.0 Å². The molecule has 146 valence electrons. The van der Waals surface area contributed by atoms with Crippen molar-refractivity contribution in [3.8, 4) is 0 Å². The van der Waals surface area contributed by atoms with Crippen molar-refractivity contribution in [2.24, 2.45) is 11.3 Å². The van der Waals surface area contributed by atoms with Gasteiger partial charge in [0.2, 0.25) is 0 Å². The Bertz CT molecular complexity index is 445. The summed E-state index contributed by atoms with van der Waals surface area (Å²) in [6.07, 6.45) is 2.61. The predicted octanol–water partition coefficient (Wildman–Crippen LogP) is 1.50. The van der Waals surface area contributed by atoms with Gasteiger partial charge < -0.3 is 25.2 Å². The van der Waals surface area contributed by atoms with Gasteiger partial charge in [0, 0.05) is 19.3 Å². The molecule has 4 N–H and O–H groups in total. The summed E-state index contributed by atoms with van der Waals surface area (Å²) in [5.74, 6) is -1.89. The summed E-state index contributed by atoms with van der Waals surface area (Å²) in [5, 5.41) is 37.4. The molecule has 7 heteroatoms. The number of aliphatic hydroxyl groups excluding tert-OH is 3. The van der Waals surface area contributed by atoms with Crippen molar-refractivity contribution >= 4 is 11.9 Å². The van der Waals surface area contributed by atoms with Crippen LogP contribution in [-0.4, -0.2) is 58.3 Å². The maximum atomic E-state index is 11.7. The Morgan fingerprint density at radius 1 is 1.24 bits per heavy atom. The van der Waals surface area contributed by atoms with E-state index in [4.69, 9.17) is 14.9 Å². The van der Waals surface area contributed by atoms with Gasteiger partial charge in [0.25, 0.3) is 0 Å². The number of hydrogen-bond donors (Lipinski definition) is 4. The Kier molecular flexibility index (Phi) is 11.3. The molecule has 3 unspecified atom stereocenters. The fourth-order valence-electron chi connectivity index (χ4n) is 2.86. The first kappa shape index (κ1) is 23.6. The lowest BCUT2D eigenvalue weighted by atomic mass is 9.69. The van der Waals surface area contributed by atoms with Crippen molar-refractivity contribution in [1.82, 2.24) is 0 Å². The van der Waals surface area contributed by atoms with Crippen LogP contribution in [0.5, 0.6) is 0 Å². The van der Waals surface area contributed by atoms with Gasteiger partial charge in [-0.3, -0.25) is 4.79 Å². The topological polar surface area (TPSA) is 124 Å². The number of aliphatic hydroxyl groups is 3. The molecule has 0 aliphatic carbocycles. The summed E-state index contributed by atoms with van der Waals surface area (Å²) < 4.78 is 5.12. The lowest BCUT2D eigenvalue weighted by Gasteiger charge is -2.39. The number of carboxylic acid groups (broad SMARTS) is 1. The molecule has 0 aliphatic rings. The molecule has 0 heterocycles. The Hall–Kier alpha value is -1.44. The van der Waals surface area contributed by atoms with Crippen LogP contribution in [0.4, 0.5) is 0 Å². The second kappa shape index (κ2) is 12.0. The summed E-state index contributed by atoms with van der Waals surface area (Å²) in [5.41, 5.74) is -0.149. The minimum Gasteiger partial charge on any atom is -0.478 e. The Morgan fingerprint density at radius 2 is 1.88 bits per heavy atom. The second-order valence-electron chi connectivity index (χ2n) is 6.76. The average molecular weight is 360 g/mol. The first-order valence-electron chi connectivity index (χ1n) is 8.62. The van der Waals surface area contributed by atoms with Crippen molar-refractivity contribution in [3.63, 3.8) is 0 Å². The number of carbonyl (C=O) groups excluding carboxylic acids is 1. The van der Waals surface area contributed by atoms with Crippen LogP contribution < -0.4 is 0 Å². The first-order chi connectivity index (χ1) is 11.7. The highest BCUT2D eigenvalue weighted by Gasteiger charge is 2.37. The van der Waals surface area contributed by atoms with Crippen LogP contribution in [0, 0.1) is 11.3 Å². The molecule has 0 radical (unpaired) electrons. The van der Waals surface area contributed by atoms with Crippen LogP contribution in [-0.2, 0) is 14.3 Å². The normalized spacial score (nSPS) is 16.8. The maximum Gasteiger partial charge on any atom is 0.328 e. The molecule has 0 aromatic carbocycles. The van der Waals surface area contributed by atoms with Crippen molar-refractivity contribution in [3.05, 3.63) is 11.6 Å². The largest absolute Gasteiger partial charge is 0.478 e. The van der Waals surface area contributed by atoms with Crippen molar-refractivity contribution in [2.75, 3.05) is 19.8 Å². The van der Waals surface area contributed by atoms with Crippen molar-refractivity contribution < 1.29 is 34.8 Å². The van der Waals surface area contributed by atoms with Crippen LogP contribution in [0.2, 0.25) is 0 Å². The summed E-state index contributed by atoms with van der Waals surface area (Å²) in [6.45, 7) is 5.13. The molecule has 3 atom stereocenters. The number of esters is 1. The van der Waals surface area contributed by atoms with E-state index >= 15 is 0 Å². The lowest BCUT2D eigenvalue weighted by Crippen LogP contribution is -2.40. The van der Waals surface area contributed by atoms with Crippen LogP contribution in [0.3, 0.4) is 0 Å². The minimum absolute atomic E-state index is 0.0838. The summed E-state index contributed by atoms with van der Waals surface area (Å²) >= 11 is 0. The molecular formula is C18H32O7. The van der Waals surface area contributed by atoms with E-state index in [0.717, 1.165) is 12.5 Å². The van der Waals surface area contributed by atoms with Gasteiger partial charge in [0.1, 0.15) is 0 Å². The predicted molar refractivity (Wildman–Crippen MR) is 92.9 cm³/mol. The van der Waals surface area contributed by atoms with Gasteiger partial charge in [-0.1, -0.05) is 18.9 Å². The highest BCUT2D eigenvalue weighted by Crippen LogP contribution is 2.38. The molecule has 0 aromatic rings. The fraction of sp³-hybridized carbons (Fsp3) is 0.778. The zero-order chi connectivity index (χ0) is 19.5. The van der Waals surface area contributed by atoms with Crippen LogP contribution in [0.15, 0.2) is 11.6 Å². The van der Waals surface area contributed by atoms with Gasteiger partial charge in [0.15, 0.2) is 0 Å². The van der Waals surface area contributed by atoms with Crippen molar-refractivity contribution in [1.29, 1.82) is 0 Å². The Labute approximate surface area is 149 Å². The third-order valence-corrected chi connectivity index (χ3v) is 4.75. The van der Waals surface area contributed by atoms with E-state index in [-0.39, 0.29) is 32.2 Å². The smallest absolute Gasteiger partial charge is 0.328 e. The average Bonchev–Trinajstić information content (AvgIpc) is 2.50. The quantitative estimate of drug-likeness (QED) is 0.223. The molecule has 0 fully saturated rings. The third kappa shape index (κ3) is 9.00. The molecule has 0 bridgehead atoms. The van der Waals surface area contributed by atoms with E-state index in [2.05, 4.69) is 0 Å². The van der Waals surface area contributed by atoms with Crippen LogP contribution in [0.25, 0.3) is 0 Å². The highest BCUT2D eigenvalue weighted by molar-refractivity contribution is 5.82. The first-order valence-corrected chi connectivity index (χ1v) is 8.62. The van der Waals surface area contributed by atoms with Gasteiger partial charge in [-0.25, -0.2) is 4.79 Å². The van der Waals surface area contributed by atoms with Crippen LogP contribution >= 0.6 is 0 Å². The molecule has 0 aliphatic heterocycles. The molecule has 0 amide bonds. The molecule has 25 heavy (non-hydrogen) atoms.